The Bertz CT molecular complexity index is 394. The third-order valence-electron chi connectivity index (χ3n) is 2.32. The molecular formula is C11H15ClN2O2. The van der Waals surface area contributed by atoms with E-state index in [1.165, 1.54) is 0 Å². The van der Waals surface area contributed by atoms with Gasteiger partial charge in [-0.2, -0.15) is 0 Å². The van der Waals surface area contributed by atoms with E-state index in [2.05, 4.69) is 0 Å². The maximum Gasteiger partial charge on any atom is 0.320 e. The van der Waals surface area contributed by atoms with Crippen molar-refractivity contribution < 1.29 is 9.90 Å². The molecule has 0 heterocycles. The second-order valence-corrected chi connectivity index (χ2v) is 4.19. The molecule has 0 aliphatic carbocycles. The molecule has 0 aliphatic heterocycles. The van der Waals surface area contributed by atoms with Gasteiger partial charge in [0.25, 0.3) is 0 Å². The van der Waals surface area contributed by atoms with E-state index in [1.54, 1.807) is 6.07 Å². The molecule has 16 heavy (non-hydrogen) atoms. The quantitative estimate of drug-likeness (QED) is 0.837. The fourth-order valence-corrected chi connectivity index (χ4v) is 1.72. The number of hydrogen-bond acceptors (Lipinski definition) is 3. The molecule has 4 nitrogen and oxygen atoms in total. The van der Waals surface area contributed by atoms with Gasteiger partial charge in [-0.25, -0.2) is 0 Å². The van der Waals surface area contributed by atoms with Crippen LogP contribution in [0.4, 0.5) is 5.69 Å². The SMILES string of the molecule is CN(C)c1cccc(Cl)c1CC(N)C(=O)O. The molecule has 0 saturated heterocycles. The Morgan fingerprint density at radius 2 is 2.19 bits per heavy atom. The summed E-state index contributed by atoms with van der Waals surface area (Å²) in [5.74, 6) is -1.02. The van der Waals surface area contributed by atoms with Crippen LogP contribution in [0.15, 0.2) is 18.2 Å². The highest BCUT2D eigenvalue weighted by atomic mass is 35.5. The number of anilines is 1. The van der Waals surface area contributed by atoms with Crippen LogP contribution in [0.25, 0.3) is 0 Å². The summed E-state index contributed by atoms with van der Waals surface area (Å²) in [6, 6.07) is 4.51. The summed E-state index contributed by atoms with van der Waals surface area (Å²) in [4.78, 5) is 12.6. The van der Waals surface area contributed by atoms with E-state index in [0.29, 0.717) is 5.02 Å². The summed E-state index contributed by atoms with van der Waals surface area (Å²) >= 11 is 6.05. The average molecular weight is 243 g/mol. The van der Waals surface area contributed by atoms with Crippen molar-refractivity contribution in [2.24, 2.45) is 5.73 Å². The number of benzene rings is 1. The fraction of sp³-hybridized carbons (Fsp3) is 0.364. The molecule has 0 amide bonds. The zero-order chi connectivity index (χ0) is 12.3. The van der Waals surface area contributed by atoms with Gasteiger partial charge < -0.3 is 15.7 Å². The number of carboxylic acid groups (broad SMARTS) is 1. The van der Waals surface area contributed by atoms with Crippen LogP contribution in [0.3, 0.4) is 0 Å². The van der Waals surface area contributed by atoms with Crippen LogP contribution in [0, 0.1) is 0 Å². The Morgan fingerprint density at radius 1 is 1.56 bits per heavy atom. The minimum atomic E-state index is -1.02. The summed E-state index contributed by atoms with van der Waals surface area (Å²) < 4.78 is 0. The molecule has 0 fully saturated rings. The van der Waals surface area contributed by atoms with Crippen LogP contribution in [-0.4, -0.2) is 31.2 Å². The highest BCUT2D eigenvalue weighted by Gasteiger charge is 2.17. The predicted molar refractivity (Wildman–Crippen MR) is 65.1 cm³/mol. The lowest BCUT2D eigenvalue weighted by Gasteiger charge is -2.19. The first-order chi connectivity index (χ1) is 7.43. The molecule has 0 radical (unpaired) electrons. The van der Waals surface area contributed by atoms with E-state index in [4.69, 9.17) is 22.4 Å². The number of rotatable bonds is 4. The first-order valence-corrected chi connectivity index (χ1v) is 5.24. The van der Waals surface area contributed by atoms with Gasteiger partial charge in [0.1, 0.15) is 6.04 Å². The minimum absolute atomic E-state index is 0.225. The molecule has 5 heteroatoms. The van der Waals surface area contributed by atoms with Gasteiger partial charge in [0.15, 0.2) is 0 Å². The lowest BCUT2D eigenvalue weighted by atomic mass is 10.0. The van der Waals surface area contributed by atoms with Crippen LogP contribution >= 0.6 is 11.6 Å². The monoisotopic (exact) mass is 242 g/mol. The fourth-order valence-electron chi connectivity index (χ4n) is 1.48. The van der Waals surface area contributed by atoms with Gasteiger partial charge >= 0.3 is 5.97 Å². The molecule has 0 bridgehead atoms. The van der Waals surface area contributed by atoms with E-state index in [9.17, 15) is 4.79 Å². The molecule has 0 spiro atoms. The van der Waals surface area contributed by atoms with E-state index in [0.717, 1.165) is 11.3 Å². The van der Waals surface area contributed by atoms with Gasteiger partial charge in [0.05, 0.1) is 0 Å². The third-order valence-corrected chi connectivity index (χ3v) is 2.67. The maximum atomic E-state index is 10.7. The number of nitrogens with zero attached hydrogens (tertiary/aromatic N) is 1. The average Bonchev–Trinajstić information content (AvgIpc) is 2.20. The van der Waals surface area contributed by atoms with Crippen molar-refractivity contribution in [3.8, 4) is 0 Å². The number of hydrogen-bond donors (Lipinski definition) is 2. The number of halogens is 1. The van der Waals surface area contributed by atoms with Crippen molar-refractivity contribution in [2.45, 2.75) is 12.5 Å². The molecule has 0 aromatic heterocycles. The second kappa shape index (κ2) is 5.18. The normalized spacial score (nSPS) is 12.2. The number of nitrogens with two attached hydrogens (primary N) is 1. The van der Waals surface area contributed by atoms with Crippen LogP contribution in [0.1, 0.15) is 5.56 Å². The van der Waals surface area contributed by atoms with E-state index >= 15 is 0 Å². The van der Waals surface area contributed by atoms with E-state index in [1.807, 2.05) is 31.1 Å². The minimum Gasteiger partial charge on any atom is -0.480 e. The molecule has 1 aromatic carbocycles. The molecule has 0 aliphatic rings. The Labute approximate surface area is 99.6 Å². The Kier molecular flexibility index (Phi) is 4.15. The molecular weight excluding hydrogens is 228 g/mol. The van der Waals surface area contributed by atoms with E-state index in [-0.39, 0.29) is 6.42 Å². The van der Waals surface area contributed by atoms with Crippen LogP contribution in [-0.2, 0) is 11.2 Å². The van der Waals surface area contributed by atoms with Gasteiger partial charge in [-0.3, -0.25) is 4.79 Å². The first-order valence-electron chi connectivity index (χ1n) is 4.86. The largest absolute Gasteiger partial charge is 0.480 e. The molecule has 88 valence electrons. The van der Waals surface area contributed by atoms with Crippen LogP contribution in [0.5, 0.6) is 0 Å². The van der Waals surface area contributed by atoms with Crippen LogP contribution in [0.2, 0.25) is 5.02 Å². The van der Waals surface area contributed by atoms with Gasteiger partial charge in [-0.1, -0.05) is 17.7 Å². The van der Waals surface area contributed by atoms with E-state index < -0.39 is 12.0 Å². The van der Waals surface area contributed by atoms with Gasteiger partial charge in [0.2, 0.25) is 0 Å². The summed E-state index contributed by atoms with van der Waals surface area (Å²) in [5.41, 5.74) is 7.17. The lowest BCUT2D eigenvalue weighted by Crippen LogP contribution is -2.33. The molecule has 3 N–H and O–H groups in total. The smallest absolute Gasteiger partial charge is 0.320 e. The topological polar surface area (TPSA) is 66.6 Å². The molecule has 1 rings (SSSR count). The number of carbonyl (C=O) groups is 1. The number of aliphatic carboxylic acids is 1. The highest BCUT2D eigenvalue weighted by molar-refractivity contribution is 6.31. The standard InChI is InChI=1S/C11H15ClN2O2/c1-14(2)10-5-3-4-8(12)7(10)6-9(13)11(15)16/h3-5,9H,6,13H2,1-2H3,(H,15,16). The van der Waals surface area contributed by atoms with Crippen LogP contribution < -0.4 is 10.6 Å². The molecule has 1 unspecified atom stereocenters. The second-order valence-electron chi connectivity index (χ2n) is 3.78. The van der Waals surface area contributed by atoms with Crippen molar-refractivity contribution >= 4 is 23.3 Å². The zero-order valence-electron chi connectivity index (χ0n) is 9.27. The summed E-state index contributed by atoms with van der Waals surface area (Å²) in [6.07, 6.45) is 0.225. The Morgan fingerprint density at radius 3 is 2.69 bits per heavy atom. The van der Waals surface area contributed by atoms with Gasteiger partial charge in [-0.15, -0.1) is 0 Å². The Balaban J connectivity index is 3.06. The summed E-state index contributed by atoms with van der Waals surface area (Å²) in [6.45, 7) is 0. The van der Waals surface area contributed by atoms with Crippen molar-refractivity contribution in [3.05, 3.63) is 28.8 Å². The van der Waals surface area contributed by atoms with Crippen molar-refractivity contribution in [2.75, 3.05) is 19.0 Å². The Hall–Kier alpha value is -1.26. The summed E-state index contributed by atoms with van der Waals surface area (Å²) in [5, 5.41) is 9.33. The molecule has 0 saturated carbocycles. The molecule has 1 aromatic rings. The van der Waals surface area contributed by atoms with Crippen molar-refractivity contribution in [1.29, 1.82) is 0 Å². The zero-order valence-corrected chi connectivity index (χ0v) is 10.0. The maximum absolute atomic E-state index is 10.7. The number of carboxylic acids is 1. The lowest BCUT2D eigenvalue weighted by molar-refractivity contribution is -0.138. The summed E-state index contributed by atoms with van der Waals surface area (Å²) in [7, 11) is 3.75. The van der Waals surface area contributed by atoms with Gasteiger partial charge in [-0.05, 0) is 17.7 Å². The van der Waals surface area contributed by atoms with Crippen molar-refractivity contribution in [3.63, 3.8) is 0 Å². The van der Waals surface area contributed by atoms with Crippen molar-refractivity contribution in [1.82, 2.24) is 0 Å². The molecule has 1 atom stereocenters. The van der Waals surface area contributed by atoms with Gasteiger partial charge in [0, 0.05) is 31.2 Å². The highest BCUT2D eigenvalue weighted by Crippen LogP contribution is 2.27. The predicted octanol–water partition coefficient (Wildman–Crippen LogP) is 1.36. The first kappa shape index (κ1) is 12.8. The third kappa shape index (κ3) is 2.87.